The number of thiophene rings is 1. The smallest absolute Gasteiger partial charge is 0.276 e. The van der Waals surface area contributed by atoms with Crippen molar-refractivity contribution < 1.29 is 17.6 Å². The van der Waals surface area contributed by atoms with Crippen LogP contribution in [0.15, 0.2) is 70.7 Å². The summed E-state index contributed by atoms with van der Waals surface area (Å²) in [6.07, 6.45) is 0. The maximum atomic E-state index is 13.0. The van der Waals surface area contributed by atoms with Crippen LogP contribution in [-0.2, 0) is 10.0 Å². The van der Waals surface area contributed by atoms with Crippen LogP contribution in [0.1, 0.15) is 27.0 Å². The van der Waals surface area contributed by atoms with E-state index in [1.807, 2.05) is 13.0 Å². The van der Waals surface area contributed by atoms with E-state index in [1.165, 1.54) is 11.3 Å². The molecule has 1 amide bonds. The Morgan fingerprint density at radius 1 is 1.07 bits per heavy atom. The fourth-order valence-electron chi connectivity index (χ4n) is 2.43. The van der Waals surface area contributed by atoms with E-state index in [1.54, 1.807) is 37.3 Å². The molecule has 0 spiro atoms. The van der Waals surface area contributed by atoms with Gasteiger partial charge in [-0.2, -0.15) is 18.4 Å². The van der Waals surface area contributed by atoms with Gasteiger partial charge >= 0.3 is 0 Å². The molecule has 1 heterocycles. The highest BCUT2D eigenvalue weighted by Crippen LogP contribution is 2.18. The normalized spacial score (nSPS) is 11.9. The second-order valence-electron chi connectivity index (χ2n) is 6.19. The summed E-state index contributed by atoms with van der Waals surface area (Å²) in [6.45, 7) is 3.56. The number of carbonyl (C=O) groups is 1. The Labute approximate surface area is 172 Å². The highest BCUT2D eigenvalue weighted by Gasteiger charge is 2.13. The van der Waals surface area contributed by atoms with Crippen LogP contribution in [0.25, 0.3) is 0 Å². The van der Waals surface area contributed by atoms with E-state index in [2.05, 4.69) is 15.2 Å². The SMILES string of the molecule is CC(=NNS(=O)(=O)c1ccc(F)cc1)c1cccc(NC(=O)c2ccc(C)s2)c1. The molecule has 0 fully saturated rings. The number of hydrogen-bond donors (Lipinski definition) is 2. The molecule has 150 valence electrons. The van der Waals surface area contributed by atoms with Gasteiger partial charge in [-0.05, 0) is 67.9 Å². The molecular formula is C20H18FN3O3S2. The molecule has 0 aliphatic carbocycles. The first-order chi connectivity index (χ1) is 13.7. The molecule has 1 aromatic heterocycles. The molecule has 2 N–H and O–H groups in total. The summed E-state index contributed by atoms with van der Waals surface area (Å²) in [5.41, 5.74) is 1.60. The van der Waals surface area contributed by atoms with Crippen LogP contribution in [-0.4, -0.2) is 20.0 Å². The molecule has 0 unspecified atom stereocenters. The van der Waals surface area contributed by atoms with Gasteiger partial charge in [0.1, 0.15) is 5.82 Å². The van der Waals surface area contributed by atoms with Crippen molar-refractivity contribution in [2.45, 2.75) is 18.7 Å². The maximum Gasteiger partial charge on any atom is 0.276 e. The van der Waals surface area contributed by atoms with Crippen molar-refractivity contribution in [3.8, 4) is 0 Å². The Kier molecular flexibility index (Phi) is 6.09. The number of nitrogens with zero attached hydrogens (tertiary/aromatic N) is 1. The van der Waals surface area contributed by atoms with Gasteiger partial charge in [-0.1, -0.05) is 12.1 Å². The quantitative estimate of drug-likeness (QED) is 0.454. The van der Waals surface area contributed by atoms with E-state index in [-0.39, 0.29) is 10.8 Å². The first kappa shape index (κ1) is 20.7. The molecule has 29 heavy (non-hydrogen) atoms. The van der Waals surface area contributed by atoms with Crippen molar-refractivity contribution in [3.05, 3.63) is 81.8 Å². The number of rotatable bonds is 6. The number of hydrazone groups is 1. The van der Waals surface area contributed by atoms with Crippen molar-refractivity contribution in [1.82, 2.24) is 4.83 Å². The number of sulfonamides is 1. The molecule has 3 rings (SSSR count). The molecule has 6 nitrogen and oxygen atoms in total. The minimum atomic E-state index is -3.92. The third kappa shape index (κ3) is 5.27. The number of aryl methyl sites for hydroxylation is 1. The Morgan fingerprint density at radius 3 is 2.45 bits per heavy atom. The summed E-state index contributed by atoms with van der Waals surface area (Å²) in [6, 6.07) is 15.0. The number of anilines is 1. The molecule has 0 aliphatic rings. The summed E-state index contributed by atoms with van der Waals surface area (Å²) in [5.74, 6) is -0.743. The van der Waals surface area contributed by atoms with Crippen molar-refractivity contribution in [3.63, 3.8) is 0 Å². The van der Waals surface area contributed by atoms with Crippen LogP contribution in [0.5, 0.6) is 0 Å². The van der Waals surface area contributed by atoms with Crippen LogP contribution < -0.4 is 10.1 Å². The molecular weight excluding hydrogens is 413 g/mol. The second kappa shape index (κ2) is 8.54. The Morgan fingerprint density at radius 2 is 1.79 bits per heavy atom. The van der Waals surface area contributed by atoms with Gasteiger partial charge in [0.05, 0.1) is 15.5 Å². The topological polar surface area (TPSA) is 87.6 Å². The molecule has 0 saturated carbocycles. The van der Waals surface area contributed by atoms with Crippen LogP contribution in [0.4, 0.5) is 10.1 Å². The highest BCUT2D eigenvalue weighted by atomic mass is 32.2. The number of amides is 1. The summed E-state index contributed by atoms with van der Waals surface area (Å²) < 4.78 is 37.5. The van der Waals surface area contributed by atoms with E-state index in [9.17, 15) is 17.6 Å². The average Bonchev–Trinajstić information content (AvgIpc) is 3.13. The third-order valence-electron chi connectivity index (χ3n) is 3.96. The lowest BCUT2D eigenvalue weighted by molar-refractivity contribution is 0.103. The monoisotopic (exact) mass is 431 g/mol. The zero-order valence-electron chi connectivity index (χ0n) is 15.6. The van der Waals surface area contributed by atoms with Crippen LogP contribution in [0.3, 0.4) is 0 Å². The molecule has 3 aromatic rings. The first-order valence-corrected chi connectivity index (χ1v) is 10.8. The largest absolute Gasteiger partial charge is 0.321 e. The van der Waals surface area contributed by atoms with Crippen molar-refractivity contribution >= 4 is 38.7 Å². The van der Waals surface area contributed by atoms with Gasteiger partial charge in [0.15, 0.2) is 0 Å². The molecule has 0 saturated heterocycles. The molecule has 0 aliphatic heterocycles. The van der Waals surface area contributed by atoms with Crippen molar-refractivity contribution in [2.75, 3.05) is 5.32 Å². The number of hydrogen-bond acceptors (Lipinski definition) is 5. The van der Waals surface area contributed by atoms with Gasteiger partial charge in [0.2, 0.25) is 0 Å². The Bertz CT molecular complexity index is 1170. The zero-order valence-corrected chi connectivity index (χ0v) is 17.3. The summed E-state index contributed by atoms with van der Waals surface area (Å²) in [7, 11) is -3.92. The van der Waals surface area contributed by atoms with Gasteiger partial charge in [0.25, 0.3) is 15.9 Å². The lowest BCUT2D eigenvalue weighted by Crippen LogP contribution is -2.20. The summed E-state index contributed by atoms with van der Waals surface area (Å²) in [5, 5.41) is 6.73. The minimum absolute atomic E-state index is 0.0947. The summed E-state index contributed by atoms with van der Waals surface area (Å²) in [4.78, 5) is 16.0. The van der Waals surface area contributed by atoms with E-state index in [0.29, 0.717) is 21.8 Å². The van der Waals surface area contributed by atoms with Gasteiger partial charge in [-0.15, -0.1) is 11.3 Å². The predicted molar refractivity (Wildman–Crippen MR) is 112 cm³/mol. The second-order valence-corrected chi connectivity index (χ2v) is 9.14. The van der Waals surface area contributed by atoms with E-state index in [4.69, 9.17) is 0 Å². The van der Waals surface area contributed by atoms with E-state index in [0.717, 1.165) is 29.1 Å². The average molecular weight is 432 g/mol. The molecule has 0 bridgehead atoms. The van der Waals surface area contributed by atoms with Crippen LogP contribution >= 0.6 is 11.3 Å². The third-order valence-corrected chi connectivity index (χ3v) is 6.18. The number of benzene rings is 2. The van der Waals surface area contributed by atoms with E-state index >= 15 is 0 Å². The lowest BCUT2D eigenvalue weighted by Gasteiger charge is -2.08. The van der Waals surface area contributed by atoms with Gasteiger partial charge < -0.3 is 5.32 Å². The van der Waals surface area contributed by atoms with Crippen LogP contribution in [0.2, 0.25) is 0 Å². The Balaban J connectivity index is 1.73. The molecule has 0 radical (unpaired) electrons. The zero-order chi connectivity index (χ0) is 21.0. The van der Waals surface area contributed by atoms with Crippen molar-refractivity contribution in [1.29, 1.82) is 0 Å². The maximum absolute atomic E-state index is 13.0. The highest BCUT2D eigenvalue weighted by molar-refractivity contribution is 7.89. The van der Waals surface area contributed by atoms with Crippen molar-refractivity contribution in [2.24, 2.45) is 5.10 Å². The Hall–Kier alpha value is -3.04. The standard InChI is InChI=1S/C20H18FN3O3S2/c1-13-6-11-19(28-13)20(25)22-17-5-3-4-15(12-17)14(2)23-24-29(26,27)18-9-7-16(21)8-10-18/h3-12,24H,1-2H3,(H,22,25). The van der Waals surface area contributed by atoms with Gasteiger partial charge in [-0.25, -0.2) is 4.39 Å². The fraction of sp³-hybridized carbons (Fsp3) is 0.100. The van der Waals surface area contributed by atoms with Gasteiger partial charge in [0, 0.05) is 10.6 Å². The van der Waals surface area contributed by atoms with Crippen LogP contribution in [0, 0.1) is 12.7 Å². The molecule has 2 aromatic carbocycles. The van der Waals surface area contributed by atoms with Gasteiger partial charge in [-0.3, -0.25) is 4.79 Å². The number of carbonyl (C=O) groups excluding carboxylic acids is 1. The number of nitrogens with one attached hydrogen (secondary N) is 2. The predicted octanol–water partition coefficient (Wildman–Crippen LogP) is 4.15. The number of halogens is 1. The summed E-state index contributed by atoms with van der Waals surface area (Å²) >= 11 is 1.40. The minimum Gasteiger partial charge on any atom is -0.321 e. The first-order valence-electron chi connectivity index (χ1n) is 8.54. The fourth-order valence-corrected chi connectivity index (χ4v) is 4.05. The van der Waals surface area contributed by atoms with E-state index < -0.39 is 15.8 Å². The molecule has 9 heteroatoms. The lowest BCUT2D eigenvalue weighted by atomic mass is 10.1. The molecule has 0 atom stereocenters.